The predicted octanol–water partition coefficient (Wildman–Crippen LogP) is 7.23. The van der Waals surface area contributed by atoms with E-state index in [1.165, 1.54) is 29.2 Å². The van der Waals surface area contributed by atoms with E-state index in [1.54, 1.807) is 12.3 Å². The summed E-state index contributed by atoms with van der Waals surface area (Å²) in [5.74, 6) is -1.26. The van der Waals surface area contributed by atoms with Crippen molar-refractivity contribution in [2.45, 2.75) is 16.7 Å². The zero-order valence-electron chi connectivity index (χ0n) is 15.6. The van der Waals surface area contributed by atoms with Gasteiger partial charge in [-0.1, -0.05) is 36.0 Å². The summed E-state index contributed by atoms with van der Waals surface area (Å²) in [5, 5.41) is 5.67. The molecule has 0 aliphatic heterocycles. The number of aryl methyl sites for hydroxylation is 1. The van der Waals surface area contributed by atoms with Crippen molar-refractivity contribution in [3.63, 3.8) is 0 Å². The van der Waals surface area contributed by atoms with Gasteiger partial charge in [-0.25, -0.2) is 18.7 Å². The van der Waals surface area contributed by atoms with E-state index in [-0.39, 0.29) is 18.2 Å². The Kier molecular flexibility index (Phi) is 7.25. The maximum Gasteiger partial charge on any atom is 0.198 e. The van der Waals surface area contributed by atoms with E-state index in [9.17, 15) is 8.78 Å². The average molecular weight is 464 g/mol. The monoisotopic (exact) mass is 463 g/mol. The van der Waals surface area contributed by atoms with Gasteiger partial charge in [0.1, 0.15) is 11.6 Å². The number of benzene rings is 2. The Morgan fingerprint density at radius 1 is 1.03 bits per heavy atom. The Balaban J connectivity index is 0.00000256. The molecule has 4 aromatic rings. The van der Waals surface area contributed by atoms with E-state index < -0.39 is 17.4 Å². The van der Waals surface area contributed by atoms with E-state index >= 15 is 0 Å². The minimum Gasteiger partial charge on any atom is -0.450 e. The molecule has 30 heavy (non-hydrogen) atoms. The van der Waals surface area contributed by atoms with Crippen LogP contribution in [0, 0.1) is 18.6 Å². The molecule has 2 aromatic carbocycles. The molecule has 1 N–H and O–H groups in total. The van der Waals surface area contributed by atoms with Crippen molar-refractivity contribution in [3.8, 4) is 11.5 Å². The quantitative estimate of drug-likeness (QED) is 0.326. The molecule has 4 rings (SSSR count). The number of ether oxygens (including phenoxy) is 1. The zero-order valence-corrected chi connectivity index (χ0v) is 18.1. The van der Waals surface area contributed by atoms with Crippen LogP contribution in [0.3, 0.4) is 0 Å². The zero-order chi connectivity index (χ0) is 20.2. The number of nitrogens with one attached hydrogen (secondary N) is 1. The molecule has 0 atom stereocenters. The first-order valence-electron chi connectivity index (χ1n) is 8.62. The Labute approximate surface area is 186 Å². The molecule has 2 heterocycles. The van der Waals surface area contributed by atoms with E-state index in [4.69, 9.17) is 4.74 Å². The third kappa shape index (κ3) is 5.27. The lowest BCUT2D eigenvalue weighted by atomic mass is 10.3. The van der Waals surface area contributed by atoms with Gasteiger partial charge in [0.05, 0.1) is 10.6 Å². The number of pyridine rings is 1. The Hall–Kier alpha value is -2.68. The van der Waals surface area contributed by atoms with Gasteiger partial charge in [-0.05, 0) is 31.2 Å². The van der Waals surface area contributed by atoms with Gasteiger partial charge in [0.25, 0.3) is 0 Å². The molecule has 0 aliphatic carbocycles. The number of halogens is 3. The third-order valence-electron chi connectivity index (χ3n) is 3.79. The fourth-order valence-electron chi connectivity index (χ4n) is 2.48. The molecule has 4 nitrogen and oxygen atoms in total. The van der Waals surface area contributed by atoms with Crippen LogP contribution in [0.1, 0.15) is 5.69 Å². The average Bonchev–Trinajstić information content (AvgIpc) is 3.12. The van der Waals surface area contributed by atoms with Crippen LogP contribution in [-0.4, -0.2) is 9.97 Å². The van der Waals surface area contributed by atoms with Crippen LogP contribution in [0.5, 0.6) is 11.5 Å². The molecule has 0 saturated heterocycles. The fourth-order valence-corrected chi connectivity index (χ4v) is 4.02. The van der Waals surface area contributed by atoms with Crippen LogP contribution in [-0.2, 0) is 0 Å². The topological polar surface area (TPSA) is 47.0 Å². The van der Waals surface area contributed by atoms with E-state index in [2.05, 4.69) is 15.3 Å². The van der Waals surface area contributed by atoms with Gasteiger partial charge in [-0.3, -0.25) is 0 Å². The van der Waals surface area contributed by atoms with Gasteiger partial charge in [0.2, 0.25) is 0 Å². The molecular formula is C21H16ClF2N3OS2. The minimum absolute atomic E-state index is 0. The van der Waals surface area contributed by atoms with Crippen LogP contribution < -0.4 is 10.1 Å². The second-order valence-corrected chi connectivity index (χ2v) is 7.98. The van der Waals surface area contributed by atoms with E-state index in [0.29, 0.717) is 15.8 Å². The summed E-state index contributed by atoms with van der Waals surface area (Å²) in [6.45, 7) is 1.89. The SMILES string of the molecule is Cc1csc(Nc2cc(Oc3c(F)cccc3F)c(Sc3ccccc3)cn2)n1.Cl. The molecule has 0 fully saturated rings. The van der Waals surface area contributed by atoms with Crippen LogP contribution >= 0.6 is 35.5 Å². The molecule has 154 valence electrons. The predicted molar refractivity (Wildman–Crippen MR) is 119 cm³/mol. The number of hydrogen-bond donors (Lipinski definition) is 1. The number of anilines is 2. The molecule has 0 radical (unpaired) electrons. The first-order valence-corrected chi connectivity index (χ1v) is 10.3. The van der Waals surface area contributed by atoms with Crippen molar-refractivity contribution in [2.75, 3.05) is 5.32 Å². The normalized spacial score (nSPS) is 10.4. The van der Waals surface area contributed by atoms with Gasteiger partial charge < -0.3 is 10.1 Å². The van der Waals surface area contributed by atoms with Crippen LogP contribution in [0.15, 0.2) is 76.0 Å². The van der Waals surface area contributed by atoms with E-state index in [0.717, 1.165) is 22.7 Å². The lowest BCUT2D eigenvalue weighted by Gasteiger charge is -2.13. The molecule has 9 heteroatoms. The molecule has 2 aromatic heterocycles. The van der Waals surface area contributed by atoms with Crippen molar-refractivity contribution in [2.24, 2.45) is 0 Å². The lowest BCUT2D eigenvalue weighted by molar-refractivity contribution is 0.400. The molecule has 0 aliphatic rings. The summed E-state index contributed by atoms with van der Waals surface area (Å²) < 4.78 is 33.9. The lowest BCUT2D eigenvalue weighted by Crippen LogP contribution is -1.98. The summed E-state index contributed by atoms with van der Waals surface area (Å²) in [4.78, 5) is 10.3. The van der Waals surface area contributed by atoms with Crippen LogP contribution in [0.4, 0.5) is 19.7 Å². The van der Waals surface area contributed by atoms with Crippen molar-refractivity contribution in [1.29, 1.82) is 0 Å². The number of hydrogen-bond acceptors (Lipinski definition) is 6. The van der Waals surface area contributed by atoms with Crippen molar-refractivity contribution >= 4 is 46.5 Å². The Bertz CT molecular complexity index is 1120. The van der Waals surface area contributed by atoms with E-state index in [1.807, 2.05) is 42.6 Å². The number of para-hydroxylation sites is 1. The van der Waals surface area contributed by atoms with Gasteiger partial charge in [-0.2, -0.15) is 0 Å². The largest absolute Gasteiger partial charge is 0.450 e. The third-order valence-corrected chi connectivity index (χ3v) is 5.70. The highest BCUT2D eigenvalue weighted by Gasteiger charge is 2.16. The molecule has 0 amide bonds. The molecule has 0 unspecified atom stereocenters. The van der Waals surface area contributed by atoms with Crippen LogP contribution in [0.25, 0.3) is 0 Å². The standard InChI is InChI=1S/C21H15F2N3OS2.ClH/c1-13-12-28-21(25-13)26-19-10-17(27-20-15(22)8-5-9-16(20)23)18(11-24-19)29-14-6-3-2-4-7-14;/h2-12H,1H3,(H,24,25,26);1H. The van der Waals surface area contributed by atoms with Gasteiger partial charge in [-0.15, -0.1) is 23.7 Å². The molecule has 0 saturated carbocycles. The first-order chi connectivity index (χ1) is 14.1. The second kappa shape index (κ2) is 9.88. The number of aromatic nitrogens is 2. The smallest absolute Gasteiger partial charge is 0.198 e. The molecule has 0 bridgehead atoms. The minimum atomic E-state index is -0.775. The van der Waals surface area contributed by atoms with Crippen LogP contribution in [0.2, 0.25) is 0 Å². The molecular weight excluding hydrogens is 448 g/mol. The first kappa shape index (κ1) is 22.0. The van der Waals surface area contributed by atoms with Crippen molar-refractivity contribution in [1.82, 2.24) is 9.97 Å². The van der Waals surface area contributed by atoms with Crippen molar-refractivity contribution in [3.05, 3.63) is 83.5 Å². The number of nitrogens with zero attached hydrogens (tertiary/aromatic N) is 2. The summed E-state index contributed by atoms with van der Waals surface area (Å²) in [6.07, 6.45) is 1.61. The summed E-state index contributed by atoms with van der Waals surface area (Å²) in [5.41, 5.74) is 0.888. The maximum absolute atomic E-state index is 14.1. The summed E-state index contributed by atoms with van der Waals surface area (Å²) in [6, 6.07) is 14.8. The highest BCUT2D eigenvalue weighted by atomic mass is 35.5. The highest BCUT2D eigenvalue weighted by molar-refractivity contribution is 7.99. The summed E-state index contributed by atoms with van der Waals surface area (Å²) in [7, 11) is 0. The Morgan fingerprint density at radius 2 is 1.77 bits per heavy atom. The number of thiazole rings is 1. The van der Waals surface area contributed by atoms with Gasteiger partial charge >= 0.3 is 0 Å². The highest BCUT2D eigenvalue weighted by Crippen LogP contribution is 2.39. The maximum atomic E-state index is 14.1. The second-order valence-electron chi connectivity index (χ2n) is 6.00. The molecule has 0 spiro atoms. The number of rotatable bonds is 6. The fraction of sp³-hybridized carbons (Fsp3) is 0.0476. The van der Waals surface area contributed by atoms with Gasteiger partial charge in [0.15, 0.2) is 22.5 Å². The Morgan fingerprint density at radius 3 is 2.43 bits per heavy atom. The van der Waals surface area contributed by atoms with Crippen molar-refractivity contribution < 1.29 is 13.5 Å². The summed E-state index contributed by atoms with van der Waals surface area (Å²) >= 11 is 2.83. The van der Waals surface area contributed by atoms with Gasteiger partial charge in [0, 0.05) is 22.5 Å².